The lowest BCUT2D eigenvalue weighted by molar-refractivity contribution is -0.151. The van der Waals surface area contributed by atoms with Crippen LogP contribution in [-0.4, -0.2) is 77.5 Å². The van der Waals surface area contributed by atoms with Gasteiger partial charge in [-0.25, -0.2) is 38.6 Å². The molecule has 0 radical (unpaired) electrons. The molecule has 0 saturated heterocycles. The largest absolute Gasteiger partial charge is 0.459 e. The number of nitrogens with zero attached hydrogens (tertiary/aromatic N) is 7. The highest BCUT2D eigenvalue weighted by Crippen LogP contribution is 2.53. The highest BCUT2D eigenvalue weighted by Gasteiger charge is 2.63. The summed E-state index contributed by atoms with van der Waals surface area (Å²) in [6, 6.07) is 11.5. The highest BCUT2D eigenvalue weighted by molar-refractivity contribution is 6.13. The molecule has 4 aromatic heterocycles. The molecule has 2 N–H and O–H groups in total. The van der Waals surface area contributed by atoms with Gasteiger partial charge >= 0.3 is 29.9 Å². The number of anilines is 3. The van der Waals surface area contributed by atoms with E-state index in [2.05, 4.69) is 15.6 Å². The number of imidazole rings is 1. The monoisotopic (exact) mass is 829 g/mol. The number of amides is 3. The zero-order valence-electron chi connectivity index (χ0n) is 38.7. The predicted octanol–water partition coefficient (Wildman–Crippen LogP) is 6.83. The summed E-state index contributed by atoms with van der Waals surface area (Å²) in [5.41, 5.74) is -3.31. The van der Waals surface area contributed by atoms with E-state index < -0.39 is 65.7 Å². The van der Waals surface area contributed by atoms with Crippen molar-refractivity contribution in [2.24, 2.45) is 12.9 Å². The van der Waals surface area contributed by atoms with E-state index in [0.717, 1.165) is 5.56 Å². The lowest BCUT2D eigenvalue weighted by atomic mass is 10.2. The maximum atomic E-state index is 14.2. The van der Waals surface area contributed by atoms with Crippen LogP contribution in [0.3, 0.4) is 0 Å². The molecule has 2 aliphatic carbocycles. The number of carbonyl (C=O) groups excluding carboxylic acids is 4. The van der Waals surface area contributed by atoms with Gasteiger partial charge in [-0.3, -0.25) is 9.13 Å². The van der Waals surface area contributed by atoms with Crippen molar-refractivity contribution in [2.45, 2.75) is 110 Å². The first-order valence-electron chi connectivity index (χ1n) is 21.5. The fourth-order valence-electron chi connectivity index (χ4n) is 7.31. The zero-order chi connectivity index (χ0) is 46.7. The molecule has 0 bridgehead atoms. The normalized spacial score (nSPS) is 22.5. The first-order valence-corrected chi connectivity index (χ1v) is 19.5. The molecular weight excluding hydrogens is 775 g/mol. The predicted molar refractivity (Wildman–Crippen MR) is 221 cm³/mol. The third kappa shape index (κ3) is 8.22. The van der Waals surface area contributed by atoms with Crippen LogP contribution in [0, 0.1) is 5.92 Å². The molecule has 4 heterocycles. The number of alkyl carbamates (subject to hydrolysis) is 1. The zero-order valence-corrected chi connectivity index (χ0v) is 34.7. The summed E-state index contributed by atoms with van der Waals surface area (Å²) >= 11 is 0. The Labute approximate surface area is 351 Å². The lowest BCUT2D eigenvalue weighted by Crippen LogP contribution is -2.44. The van der Waals surface area contributed by atoms with Gasteiger partial charge in [0.05, 0.1) is 31.1 Å². The number of benzene rings is 1. The summed E-state index contributed by atoms with van der Waals surface area (Å²) in [5.74, 6) is -0.886. The van der Waals surface area contributed by atoms with Crippen LogP contribution in [0.1, 0.15) is 91.2 Å². The maximum Gasteiger partial charge on any atom is 0.425 e. The van der Waals surface area contributed by atoms with E-state index in [1.165, 1.54) is 34.7 Å². The van der Waals surface area contributed by atoms with Gasteiger partial charge in [0.25, 0.3) is 0 Å². The number of pyridine rings is 2. The van der Waals surface area contributed by atoms with Crippen molar-refractivity contribution in [3.8, 4) is 0 Å². The number of hydrogen-bond acceptors (Lipinski definition) is 13. The first-order chi connectivity index (χ1) is 29.8. The summed E-state index contributed by atoms with van der Waals surface area (Å²) in [7, 11) is 1.18. The number of aromatic nitrogens is 6. The van der Waals surface area contributed by atoms with Crippen LogP contribution in [0.25, 0.3) is 22.1 Å². The summed E-state index contributed by atoms with van der Waals surface area (Å²) in [4.78, 5) is 77.9. The number of nitrogens with one attached hydrogen (secondary N) is 2. The van der Waals surface area contributed by atoms with E-state index >= 15 is 0 Å². The van der Waals surface area contributed by atoms with Crippen LogP contribution in [-0.2, 0) is 42.9 Å². The molecule has 2 saturated carbocycles. The summed E-state index contributed by atoms with van der Waals surface area (Å²) in [5, 5.41) is 10.5. The number of fused-ring (bicyclic) bond motifs is 2. The molecule has 2 aliphatic rings. The van der Waals surface area contributed by atoms with Gasteiger partial charge in [0.2, 0.25) is 0 Å². The van der Waals surface area contributed by atoms with Gasteiger partial charge in [0.15, 0.2) is 17.0 Å². The standard InChI is InChI=1S/C42H51N9O9/c1-24-21-42(24,35(52)58-23-25-13-11-10-12-14-25)51-33-28(34(47-51)50(38(55)59-40(2,3)4)39(56)60-41(5,6)7)17-18-31(46-33)45-32-20-29-30(22-43-32)48(8)37(54)49(29)27-16-15-26(19-27)44-36(53)57-9/h10-14,17-18,20,22,24,26-27H,15-16,19,21,23H2,1-9H3,(H,44,53)(H,43,45,46)/t24-,26+,27+,42-/m0/s1/i8D3,26D. The second kappa shape index (κ2) is 15.6. The van der Waals surface area contributed by atoms with Crippen LogP contribution >= 0.6 is 0 Å². The molecule has 318 valence electrons. The number of aryl methyl sites for hydroxylation is 1. The Kier molecular flexibility index (Phi) is 9.53. The third-order valence-electron chi connectivity index (χ3n) is 10.2. The van der Waals surface area contributed by atoms with E-state index in [4.69, 9.17) is 34.5 Å². The lowest BCUT2D eigenvalue weighted by Gasteiger charge is -2.27. The SMILES string of the molecule is [2H]C([2H])([2H])n1c(=O)n([C@@H]2CC[C@@]([2H])(NC(=O)OC)C2)c2cc(Nc3ccc4c(N(C(=O)OC(C)(C)C)C(=O)OC(C)(C)C)nn([C@@]5(C(=O)OCc6ccccc6)C[C@@H]5C)c4n3)ncc21. The van der Waals surface area contributed by atoms with Gasteiger partial charge in [0.1, 0.15) is 29.4 Å². The maximum absolute atomic E-state index is 14.2. The smallest absolute Gasteiger partial charge is 0.425 e. The Morgan fingerprint density at radius 1 is 0.983 bits per heavy atom. The van der Waals surface area contributed by atoms with Crippen LogP contribution in [0.4, 0.5) is 31.8 Å². The molecule has 0 aliphatic heterocycles. The number of rotatable bonds is 9. The number of carbonyl (C=O) groups is 4. The number of methoxy groups -OCH3 is 1. The van der Waals surface area contributed by atoms with Crippen molar-refractivity contribution in [3.63, 3.8) is 0 Å². The second-order valence-electron chi connectivity index (χ2n) is 17.0. The molecule has 2 fully saturated rings. The molecule has 4 atom stereocenters. The average molecular weight is 830 g/mol. The molecule has 60 heavy (non-hydrogen) atoms. The molecule has 3 amide bonds. The van der Waals surface area contributed by atoms with Gasteiger partial charge in [0, 0.05) is 29.2 Å². The van der Waals surface area contributed by atoms with E-state index in [-0.39, 0.29) is 77.7 Å². The van der Waals surface area contributed by atoms with Crippen molar-refractivity contribution in [1.29, 1.82) is 0 Å². The Hall–Kier alpha value is -6.46. The number of imide groups is 1. The molecular formula is C42H51N9O9. The fourth-order valence-corrected chi connectivity index (χ4v) is 7.31. The van der Waals surface area contributed by atoms with Crippen LogP contribution in [0.5, 0.6) is 0 Å². The van der Waals surface area contributed by atoms with Crippen molar-refractivity contribution in [1.82, 2.24) is 34.2 Å². The summed E-state index contributed by atoms with van der Waals surface area (Å²) in [6.45, 7) is 8.75. The van der Waals surface area contributed by atoms with E-state index in [1.807, 2.05) is 37.3 Å². The first kappa shape index (κ1) is 36.6. The van der Waals surface area contributed by atoms with Gasteiger partial charge < -0.3 is 29.6 Å². The number of hydrogen-bond donors (Lipinski definition) is 2. The van der Waals surface area contributed by atoms with Crippen LogP contribution in [0.2, 0.25) is 0 Å². The van der Waals surface area contributed by atoms with E-state index in [9.17, 15) is 24.0 Å². The fraction of sp³-hybridized carbons (Fsp3) is 0.476. The Bertz CT molecular complexity index is 2680. The minimum absolute atomic E-state index is 0.00754. The molecule has 0 spiro atoms. The molecule has 0 unspecified atom stereocenters. The molecule has 18 nitrogen and oxygen atoms in total. The minimum Gasteiger partial charge on any atom is -0.459 e. The van der Waals surface area contributed by atoms with Crippen molar-refractivity contribution >= 4 is 63.8 Å². The highest BCUT2D eigenvalue weighted by atomic mass is 16.6. The topological polar surface area (TPSA) is 203 Å². The van der Waals surface area contributed by atoms with Gasteiger partial charge in [-0.2, -0.15) is 10.00 Å². The van der Waals surface area contributed by atoms with E-state index in [1.54, 1.807) is 47.6 Å². The van der Waals surface area contributed by atoms with Crippen LogP contribution < -0.4 is 21.2 Å². The molecule has 1 aromatic carbocycles. The molecule has 7 rings (SSSR count). The van der Waals surface area contributed by atoms with Gasteiger partial charge in [-0.1, -0.05) is 37.3 Å². The Morgan fingerprint density at radius 2 is 1.67 bits per heavy atom. The van der Waals surface area contributed by atoms with E-state index in [0.29, 0.717) is 9.47 Å². The van der Waals surface area contributed by atoms with Crippen molar-refractivity contribution in [2.75, 3.05) is 17.3 Å². The summed E-state index contributed by atoms with van der Waals surface area (Å²) in [6.07, 6.45) is -1.06. The van der Waals surface area contributed by atoms with Crippen molar-refractivity contribution < 1.29 is 43.6 Å². The Balaban J connectivity index is 1.34. The Morgan fingerprint density at radius 3 is 2.28 bits per heavy atom. The number of ether oxygens (including phenoxy) is 4. The second-order valence-corrected chi connectivity index (χ2v) is 17.0. The quantitative estimate of drug-likeness (QED) is 0.116. The minimum atomic E-state index is -2.88. The third-order valence-corrected chi connectivity index (χ3v) is 10.2. The van der Waals surface area contributed by atoms with Gasteiger partial charge in [-0.05, 0) is 90.8 Å². The molecule has 5 aromatic rings. The summed E-state index contributed by atoms with van der Waals surface area (Å²) < 4.78 is 58.5. The van der Waals surface area contributed by atoms with Crippen molar-refractivity contribution in [3.05, 3.63) is 70.8 Å². The molecule has 18 heteroatoms. The average Bonchev–Trinajstić information content (AvgIpc) is 3.40. The van der Waals surface area contributed by atoms with Crippen LogP contribution in [0.15, 0.2) is 59.5 Å². The number of esters is 1. The van der Waals surface area contributed by atoms with Gasteiger partial charge in [-0.15, -0.1) is 0 Å².